The van der Waals surface area contributed by atoms with E-state index >= 15 is 0 Å². The van der Waals surface area contributed by atoms with E-state index in [0.717, 1.165) is 18.8 Å². The van der Waals surface area contributed by atoms with E-state index in [1.165, 1.54) is 0 Å². The maximum Gasteiger partial charge on any atom is 0.240 e. The molecule has 1 aliphatic rings. The highest BCUT2D eigenvalue weighted by molar-refractivity contribution is 5.94. The average molecular weight is 277 g/mol. The summed E-state index contributed by atoms with van der Waals surface area (Å²) in [5, 5.41) is 0. The first-order chi connectivity index (χ1) is 9.37. The zero-order chi connectivity index (χ0) is 14.8. The Morgan fingerprint density at radius 1 is 1.40 bits per heavy atom. The zero-order valence-electron chi connectivity index (χ0n) is 12.4. The van der Waals surface area contributed by atoms with Gasteiger partial charge in [-0.15, -0.1) is 0 Å². The van der Waals surface area contributed by atoms with Gasteiger partial charge in [0.25, 0.3) is 0 Å². The molecule has 1 aliphatic heterocycles. The summed E-state index contributed by atoms with van der Waals surface area (Å²) < 4.78 is 5.65. The van der Waals surface area contributed by atoms with Crippen LogP contribution >= 0.6 is 0 Å². The Hall–Kier alpha value is -1.59. The highest BCUT2D eigenvalue weighted by Gasteiger charge is 2.28. The predicted octanol–water partition coefficient (Wildman–Crippen LogP) is 1.34. The number of carbonyl (C=O) groups is 1. The van der Waals surface area contributed by atoms with Gasteiger partial charge in [-0.3, -0.25) is 9.69 Å². The molecule has 20 heavy (non-hydrogen) atoms. The second kappa shape index (κ2) is 5.81. The van der Waals surface area contributed by atoms with Gasteiger partial charge in [-0.05, 0) is 38.1 Å². The standard InChI is InChI=1S/C15H23N3O2/c1-15(2)11-18(8-9-20-15)10-14(19)17(3)13-6-4-12(16)5-7-13/h4-7H,8-11,16H2,1-3H3. The van der Waals surface area contributed by atoms with Gasteiger partial charge in [-0.1, -0.05) is 0 Å². The minimum absolute atomic E-state index is 0.0764. The second-order valence-electron chi connectivity index (χ2n) is 5.86. The summed E-state index contributed by atoms with van der Waals surface area (Å²) in [4.78, 5) is 16.1. The van der Waals surface area contributed by atoms with E-state index in [1.807, 2.05) is 26.0 Å². The van der Waals surface area contributed by atoms with Gasteiger partial charge in [0.15, 0.2) is 0 Å². The molecule has 1 amide bonds. The van der Waals surface area contributed by atoms with E-state index in [4.69, 9.17) is 10.5 Å². The zero-order valence-corrected chi connectivity index (χ0v) is 12.4. The van der Waals surface area contributed by atoms with Crippen molar-refractivity contribution in [2.75, 3.05) is 43.9 Å². The molecule has 0 spiro atoms. The molecule has 0 aromatic heterocycles. The van der Waals surface area contributed by atoms with E-state index in [2.05, 4.69) is 4.90 Å². The lowest BCUT2D eigenvalue weighted by molar-refractivity contribution is -0.124. The summed E-state index contributed by atoms with van der Waals surface area (Å²) in [6.45, 7) is 6.75. The van der Waals surface area contributed by atoms with Crippen LogP contribution in [0.25, 0.3) is 0 Å². The van der Waals surface area contributed by atoms with Crippen LogP contribution in [-0.2, 0) is 9.53 Å². The van der Waals surface area contributed by atoms with Crippen molar-refractivity contribution in [3.05, 3.63) is 24.3 Å². The summed E-state index contributed by atoms with van der Waals surface area (Å²) in [6.07, 6.45) is 0. The van der Waals surface area contributed by atoms with Crippen LogP contribution in [0, 0.1) is 0 Å². The van der Waals surface area contributed by atoms with Crippen LogP contribution in [-0.4, -0.2) is 49.7 Å². The van der Waals surface area contributed by atoms with Gasteiger partial charge >= 0.3 is 0 Å². The number of nitrogen functional groups attached to an aromatic ring is 1. The van der Waals surface area contributed by atoms with Crippen molar-refractivity contribution in [2.24, 2.45) is 0 Å². The maximum atomic E-state index is 12.3. The average Bonchev–Trinajstić information content (AvgIpc) is 2.37. The Bertz CT molecular complexity index is 471. The van der Waals surface area contributed by atoms with Gasteiger partial charge in [0, 0.05) is 31.5 Å². The molecule has 2 N–H and O–H groups in total. The van der Waals surface area contributed by atoms with Crippen molar-refractivity contribution in [1.29, 1.82) is 0 Å². The highest BCUT2D eigenvalue weighted by Crippen LogP contribution is 2.18. The van der Waals surface area contributed by atoms with Crippen LogP contribution in [0.5, 0.6) is 0 Å². The van der Waals surface area contributed by atoms with Gasteiger partial charge < -0.3 is 15.4 Å². The molecule has 5 nitrogen and oxygen atoms in total. The van der Waals surface area contributed by atoms with Gasteiger partial charge in [0.2, 0.25) is 5.91 Å². The molecule has 5 heteroatoms. The third kappa shape index (κ3) is 3.71. The van der Waals surface area contributed by atoms with Crippen molar-refractivity contribution in [2.45, 2.75) is 19.4 Å². The molecule has 1 heterocycles. The normalized spacial score (nSPS) is 18.8. The first-order valence-corrected chi connectivity index (χ1v) is 6.86. The number of carbonyl (C=O) groups excluding carboxylic acids is 1. The minimum atomic E-state index is -0.182. The molecule has 2 rings (SSSR count). The van der Waals surface area contributed by atoms with Crippen molar-refractivity contribution < 1.29 is 9.53 Å². The minimum Gasteiger partial charge on any atom is -0.399 e. The number of rotatable bonds is 3. The quantitative estimate of drug-likeness (QED) is 0.847. The van der Waals surface area contributed by atoms with E-state index in [0.29, 0.717) is 18.8 Å². The van der Waals surface area contributed by atoms with Gasteiger partial charge in [-0.25, -0.2) is 0 Å². The van der Waals surface area contributed by atoms with Crippen LogP contribution in [0.1, 0.15) is 13.8 Å². The Balaban J connectivity index is 1.95. The fourth-order valence-corrected chi connectivity index (χ4v) is 2.39. The number of hydrogen-bond donors (Lipinski definition) is 1. The fraction of sp³-hybridized carbons (Fsp3) is 0.533. The number of likely N-dealkylation sites (N-methyl/N-ethyl adjacent to an activating group) is 1. The van der Waals surface area contributed by atoms with Gasteiger partial charge in [0.1, 0.15) is 0 Å². The molecule has 0 unspecified atom stereocenters. The molecule has 1 aromatic rings. The molecule has 110 valence electrons. The number of morpholine rings is 1. The number of hydrogen-bond acceptors (Lipinski definition) is 4. The number of amides is 1. The number of anilines is 2. The molecule has 1 saturated heterocycles. The molecule has 0 radical (unpaired) electrons. The smallest absolute Gasteiger partial charge is 0.240 e. The van der Waals surface area contributed by atoms with Crippen molar-refractivity contribution >= 4 is 17.3 Å². The Kier molecular flexibility index (Phi) is 4.30. The van der Waals surface area contributed by atoms with Crippen LogP contribution in [0.15, 0.2) is 24.3 Å². The predicted molar refractivity (Wildman–Crippen MR) is 80.7 cm³/mol. The summed E-state index contributed by atoms with van der Waals surface area (Å²) in [5.74, 6) is 0.0764. The first-order valence-electron chi connectivity index (χ1n) is 6.86. The third-order valence-corrected chi connectivity index (χ3v) is 3.52. The first kappa shape index (κ1) is 14.8. The van der Waals surface area contributed by atoms with Gasteiger partial charge in [0.05, 0.1) is 18.8 Å². The topological polar surface area (TPSA) is 58.8 Å². The van der Waals surface area contributed by atoms with E-state index in [1.54, 1.807) is 24.1 Å². The molecule has 1 aromatic carbocycles. The Morgan fingerprint density at radius 3 is 2.65 bits per heavy atom. The second-order valence-corrected chi connectivity index (χ2v) is 5.86. The molecule has 0 saturated carbocycles. The highest BCUT2D eigenvalue weighted by atomic mass is 16.5. The molecule has 0 aliphatic carbocycles. The van der Waals surface area contributed by atoms with Crippen LogP contribution in [0.4, 0.5) is 11.4 Å². The van der Waals surface area contributed by atoms with Crippen LogP contribution in [0.2, 0.25) is 0 Å². The Labute approximate surface area is 120 Å². The summed E-state index contributed by atoms with van der Waals surface area (Å²) in [6, 6.07) is 7.32. The molecule has 1 fully saturated rings. The maximum absolute atomic E-state index is 12.3. The van der Waals surface area contributed by atoms with E-state index in [-0.39, 0.29) is 11.5 Å². The number of benzene rings is 1. The van der Waals surface area contributed by atoms with Crippen molar-refractivity contribution in [1.82, 2.24) is 4.90 Å². The van der Waals surface area contributed by atoms with E-state index in [9.17, 15) is 4.79 Å². The van der Waals surface area contributed by atoms with Crippen LogP contribution < -0.4 is 10.6 Å². The van der Waals surface area contributed by atoms with E-state index < -0.39 is 0 Å². The lowest BCUT2D eigenvalue weighted by Gasteiger charge is -2.38. The SMILES string of the molecule is CN(C(=O)CN1CCOC(C)(C)C1)c1ccc(N)cc1. The third-order valence-electron chi connectivity index (χ3n) is 3.52. The fourth-order valence-electron chi connectivity index (χ4n) is 2.39. The summed E-state index contributed by atoms with van der Waals surface area (Å²) in [5.41, 5.74) is 7.03. The molecule has 0 bridgehead atoms. The summed E-state index contributed by atoms with van der Waals surface area (Å²) >= 11 is 0. The molecular formula is C15H23N3O2. The van der Waals surface area contributed by atoms with Crippen molar-refractivity contribution in [3.8, 4) is 0 Å². The molecular weight excluding hydrogens is 254 g/mol. The summed E-state index contributed by atoms with van der Waals surface area (Å²) in [7, 11) is 1.79. The number of ether oxygens (including phenoxy) is 1. The van der Waals surface area contributed by atoms with Crippen LogP contribution in [0.3, 0.4) is 0 Å². The number of nitrogens with zero attached hydrogens (tertiary/aromatic N) is 2. The number of nitrogens with two attached hydrogens (primary N) is 1. The van der Waals surface area contributed by atoms with Crippen molar-refractivity contribution in [3.63, 3.8) is 0 Å². The Morgan fingerprint density at radius 2 is 2.05 bits per heavy atom. The monoisotopic (exact) mass is 277 g/mol. The lowest BCUT2D eigenvalue weighted by Crippen LogP contribution is -2.51. The van der Waals surface area contributed by atoms with Gasteiger partial charge in [-0.2, -0.15) is 0 Å². The molecule has 0 atom stereocenters. The largest absolute Gasteiger partial charge is 0.399 e. The lowest BCUT2D eigenvalue weighted by atomic mass is 10.1.